The Balaban J connectivity index is 1.32. The summed E-state index contributed by atoms with van der Waals surface area (Å²) in [5.41, 5.74) is 4.30. The number of carbonyl (C=O) groups is 1. The molecule has 2 N–H and O–H groups in total. The third-order valence-electron chi connectivity index (χ3n) is 10.0. The summed E-state index contributed by atoms with van der Waals surface area (Å²) in [6.45, 7) is 16.8. The molecule has 258 valence electrons. The quantitative estimate of drug-likeness (QED) is 0.287. The molecule has 48 heavy (non-hydrogen) atoms. The number of nitrogens with zero attached hydrogens (tertiary/aromatic N) is 2. The number of ether oxygens (including phenoxy) is 2. The van der Waals surface area contributed by atoms with Crippen LogP contribution in [0.4, 0.5) is 10.7 Å². The van der Waals surface area contributed by atoms with Gasteiger partial charge in [-0.3, -0.25) is 0 Å². The molecule has 2 aromatic carbocycles. The van der Waals surface area contributed by atoms with Crippen molar-refractivity contribution < 1.29 is 22.7 Å². The van der Waals surface area contributed by atoms with Crippen molar-refractivity contribution in [2.24, 2.45) is 22.7 Å². The lowest BCUT2D eigenvalue weighted by atomic mass is 9.46. The molecule has 10 heteroatoms. The molecule has 2 aliphatic carbocycles. The van der Waals surface area contributed by atoms with Gasteiger partial charge in [0.25, 0.3) is 10.0 Å². The number of amides is 1. The molecule has 1 aromatic heterocycles. The van der Waals surface area contributed by atoms with Crippen molar-refractivity contribution in [3.63, 3.8) is 0 Å². The topological polar surface area (TPSA) is 120 Å². The Morgan fingerprint density at radius 1 is 0.979 bits per heavy atom. The van der Waals surface area contributed by atoms with E-state index >= 15 is 0 Å². The van der Waals surface area contributed by atoms with E-state index < -0.39 is 15.6 Å². The number of nitrogens with one attached hydrogen (secondary N) is 2. The van der Waals surface area contributed by atoms with Gasteiger partial charge in [0.1, 0.15) is 5.60 Å². The Morgan fingerprint density at radius 3 is 2.29 bits per heavy atom. The van der Waals surface area contributed by atoms with Gasteiger partial charge in [-0.1, -0.05) is 51.1 Å². The average Bonchev–Trinajstić information content (AvgIpc) is 2.91. The molecule has 0 radical (unpaired) electrons. The van der Waals surface area contributed by atoms with Crippen molar-refractivity contribution in [2.75, 3.05) is 11.3 Å². The Hall–Kier alpha value is -3.66. The molecule has 1 aliphatic heterocycles. The van der Waals surface area contributed by atoms with Gasteiger partial charge in [0.15, 0.2) is 0 Å². The fourth-order valence-corrected chi connectivity index (χ4v) is 9.36. The zero-order valence-corrected chi connectivity index (χ0v) is 30.3. The number of alkyl carbamates (subject to hydrolysis) is 1. The van der Waals surface area contributed by atoms with E-state index in [0.717, 1.165) is 54.4 Å². The number of rotatable bonds is 4. The number of hydrogen-bond donors (Lipinski definition) is 2. The van der Waals surface area contributed by atoms with Crippen LogP contribution in [0, 0.1) is 36.5 Å². The second-order valence-electron chi connectivity index (χ2n) is 16.6. The highest BCUT2D eigenvalue weighted by Gasteiger charge is 2.56. The van der Waals surface area contributed by atoms with Crippen LogP contribution in [0.15, 0.2) is 53.4 Å². The third kappa shape index (κ3) is 7.48. The number of aromatic nitrogens is 2. The van der Waals surface area contributed by atoms with Crippen LogP contribution in [0.5, 0.6) is 5.88 Å². The zero-order valence-electron chi connectivity index (χ0n) is 29.5. The van der Waals surface area contributed by atoms with Crippen LogP contribution in [0.3, 0.4) is 0 Å². The molecule has 2 atom stereocenters. The van der Waals surface area contributed by atoms with Gasteiger partial charge in [-0.25, -0.2) is 22.9 Å². The SMILES string of the molecule is Cc1cccc(C)c1-c1cc2nc(n1)NS(=O)(=O)c1cccc(c1)C(C1CC3(CC(NC(=O)OC(C)(C)C)C3)C1)[C@H](CC(C)(C)C)CO2. The lowest BCUT2D eigenvalue weighted by Gasteiger charge is -2.60. The molecular weight excluding hydrogens is 625 g/mol. The number of hydrogen-bond acceptors (Lipinski definition) is 7. The monoisotopic (exact) mass is 674 g/mol. The first kappa shape index (κ1) is 34.2. The molecule has 9 nitrogen and oxygen atoms in total. The van der Waals surface area contributed by atoms with E-state index in [1.165, 1.54) is 0 Å². The number of fused-ring (bicyclic) bond motifs is 4. The van der Waals surface area contributed by atoms with E-state index in [2.05, 4.69) is 46.8 Å². The lowest BCUT2D eigenvalue weighted by Crippen LogP contribution is -2.58. The van der Waals surface area contributed by atoms with Crippen LogP contribution >= 0.6 is 0 Å². The highest BCUT2D eigenvalue weighted by atomic mass is 32.2. The summed E-state index contributed by atoms with van der Waals surface area (Å²) in [5.74, 6) is 0.878. The largest absolute Gasteiger partial charge is 0.477 e. The minimum absolute atomic E-state index is 0.00911. The minimum atomic E-state index is -3.99. The van der Waals surface area contributed by atoms with Gasteiger partial charge in [-0.05, 0) is 118 Å². The first-order valence-electron chi connectivity index (χ1n) is 17.1. The molecule has 2 saturated carbocycles. The van der Waals surface area contributed by atoms with Crippen molar-refractivity contribution in [2.45, 2.75) is 110 Å². The smallest absolute Gasteiger partial charge is 0.407 e. The summed E-state index contributed by atoms with van der Waals surface area (Å²) in [4.78, 5) is 21.8. The fourth-order valence-electron chi connectivity index (χ4n) is 8.36. The van der Waals surface area contributed by atoms with E-state index in [4.69, 9.17) is 9.47 Å². The van der Waals surface area contributed by atoms with E-state index in [-0.39, 0.29) is 45.6 Å². The van der Waals surface area contributed by atoms with Crippen molar-refractivity contribution in [1.29, 1.82) is 0 Å². The number of aryl methyl sites for hydroxylation is 2. The third-order valence-corrected chi connectivity index (χ3v) is 11.4. The van der Waals surface area contributed by atoms with Crippen LogP contribution < -0.4 is 14.8 Å². The molecule has 1 amide bonds. The van der Waals surface area contributed by atoms with Gasteiger partial charge in [-0.2, -0.15) is 4.98 Å². The molecule has 1 spiro atoms. The van der Waals surface area contributed by atoms with Crippen LogP contribution in [0.25, 0.3) is 11.3 Å². The maximum atomic E-state index is 13.8. The summed E-state index contributed by atoms with van der Waals surface area (Å²) < 4.78 is 42.3. The lowest BCUT2D eigenvalue weighted by molar-refractivity contribution is -0.0708. The van der Waals surface area contributed by atoms with Crippen molar-refractivity contribution >= 4 is 22.1 Å². The molecule has 1 unspecified atom stereocenters. The van der Waals surface area contributed by atoms with Crippen molar-refractivity contribution in [3.8, 4) is 17.1 Å². The van der Waals surface area contributed by atoms with Gasteiger partial charge in [0.2, 0.25) is 11.8 Å². The Kier molecular flexibility index (Phi) is 8.80. The summed E-state index contributed by atoms with van der Waals surface area (Å²) >= 11 is 0. The molecule has 3 aromatic rings. The summed E-state index contributed by atoms with van der Waals surface area (Å²) in [5, 5.41) is 3.05. The average molecular weight is 675 g/mol. The predicted molar refractivity (Wildman–Crippen MR) is 188 cm³/mol. The Morgan fingerprint density at radius 2 is 1.65 bits per heavy atom. The first-order chi connectivity index (χ1) is 22.4. The van der Waals surface area contributed by atoms with Gasteiger partial charge in [0.05, 0.1) is 17.2 Å². The number of carbonyl (C=O) groups excluding carboxylic acids is 1. The van der Waals surface area contributed by atoms with Crippen LogP contribution in [0.1, 0.15) is 96.3 Å². The highest BCUT2D eigenvalue weighted by molar-refractivity contribution is 7.92. The van der Waals surface area contributed by atoms with E-state index in [9.17, 15) is 13.2 Å². The molecule has 6 rings (SSSR count). The van der Waals surface area contributed by atoms with Crippen LogP contribution in [-0.2, 0) is 14.8 Å². The van der Waals surface area contributed by atoms with Gasteiger partial charge < -0.3 is 14.8 Å². The number of benzene rings is 2. The summed E-state index contributed by atoms with van der Waals surface area (Å²) in [6.07, 6.45) is 4.43. The minimum Gasteiger partial charge on any atom is -0.477 e. The molecule has 3 aliphatic rings. The maximum Gasteiger partial charge on any atom is 0.407 e. The summed E-state index contributed by atoms with van der Waals surface area (Å²) in [6, 6.07) is 15.4. The first-order valence-corrected chi connectivity index (χ1v) is 18.6. The van der Waals surface area contributed by atoms with Crippen molar-refractivity contribution in [3.05, 3.63) is 65.2 Å². The normalized spacial score (nSPS) is 26.4. The molecular formula is C38H50N4O5S. The fraction of sp³-hybridized carbons (Fsp3) is 0.553. The van der Waals surface area contributed by atoms with Crippen LogP contribution in [-0.4, -0.2) is 42.7 Å². The zero-order chi connectivity index (χ0) is 34.6. The molecule has 0 saturated heterocycles. The van der Waals surface area contributed by atoms with E-state index in [0.29, 0.717) is 24.1 Å². The standard InChI is InChI=1S/C38H50N4O5S/c1-23-11-9-12-24(2)32(23)30-16-31-41-34(40-30)42-48(44,45)29-14-10-13-25(15-29)33(27(22-46-31)17-36(3,4)5)26-18-38(19-26)20-28(21-38)39-35(43)47-37(6,7)8/h9-16,26-28,33H,17-22H2,1-8H3,(H,39,43)(H,40,41,42)/t26?,27-,28?,33?,38?/m1/s1. The van der Waals surface area contributed by atoms with Crippen molar-refractivity contribution in [1.82, 2.24) is 15.3 Å². The maximum absolute atomic E-state index is 13.8. The van der Waals surface area contributed by atoms with Gasteiger partial charge >= 0.3 is 6.09 Å². The Labute approximate surface area is 285 Å². The molecule has 2 heterocycles. The number of anilines is 1. The Bertz CT molecular complexity index is 1780. The predicted octanol–water partition coefficient (Wildman–Crippen LogP) is 8.17. The molecule has 2 fully saturated rings. The second kappa shape index (κ2) is 12.3. The molecule has 4 bridgehead atoms. The summed E-state index contributed by atoms with van der Waals surface area (Å²) in [7, 11) is -3.99. The van der Waals surface area contributed by atoms with Crippen LogP contribution in [0.2, 0.25) is 0 Å². The number of sulfonamides is 1. The van der Waals surface area contributed by atoms with E-state index in [1.54, 1.807) is 6.07 Å². The van der Waals surface area contributed by atoms with E-state index in [1.807, 2.05) is 71.0 Å². The van der Waals surface area contributed by atoms with Gasteiger partial charge in [0, 0.05) is 23.6 Å². The second-order valence-corrected chi connectivity index (χ2v) is 18.3. The highest BCUT2D eigenvalue weighted by Crippen LogP contribution is 2.63. The van der Waals surface area contributed by atoms with Gasteiger partial charge in [-0.15, -0.1) is 0 Å².